The van der Waals surface area contributed by atoms with Crippen molar-refractivity contribution in [1.82, 2.24) is 0 Å². The van der Waals surface area contributed by atoms with Gasteiger partial charge < -0.3 is 10.5 Å². The van der Waals surface area contributed by atoms with Crippen molar-refractivity contribution in [2.45, 2.75) is 4.90 Å². The molecule has 0 heterocycles. The van der Waals surface area contributed by atoms with Crippen LogP contribution in [-0.2, 0) is 14.9 Å². The quantitative estimate of drug-likeness (QED) is 0.430. The lowest BCUT2D eigenvalue weighted by Crippen LogP contribution is -2.07. The van der Waals surface area contributed by atoms with Crippen LogP contribution in [0.4, 0.5) is 5.69 Å². The SMILES string of the molecule is COC(=O)c1ccc(S(=O)(=O)O)cc1N. The fourth-order valence-corrected chi connectivity index (χ4v) is 1.51. The van der Waals surface area contributed by atoms with E-state index in [9.17, 15) is 13.2 Å². The Balaban J connectivity index is 3.27. The Kier molecular flexibility index (Phi) is 2.96. The molecule has 0 atom stereocenters. The lowest BCUT2D eigenvalue weighted by Gasteiger charge is -2.04. The number of nitrogens with two attached hydrogens (primary N) is 1. The maximum Gasteiger partial charge on any atom is 0.339 e. The number of nitrogen functional groups attached to an aromatic ring is 1. The first-order chi connectivity index (χ1) is 6.86. The van der Waals surface area contributed by atoms with E-state index in [4.69, 9.17) is 10.3 Å². The molecule has 1 aromatic carbocycles. The van der Waals surface area contributed by atoms with Gasteiger partial charge in [0.15, 0.2) is 0 Å². The molecule has 7 heteroatoms. The number of hydrogen-bond donors (Lipinski definition) is 2. The zero-order valence-electron chi connectivity index (χ0n) is 7.80. The number of esters is 1. The highest BCUT2D eigenvalue weighted by molar-refractivity contribution is 7.85. The van der Waals surface area contributed by atoms with Crippen molar-refractivity contribution in [3.8, 4) is 0 Å². The molecular weight excluding hydrogens is 222 g/mol. The van der Waals surface area contributed by atoms with E-state index in [-0.39, 0.29) is 16.1 Å². The summed E-state index contributed by atoms with van der Waals surface area (Å²) in [6.45, 7) is 0. The molecule has 0 fully saturated rings. The molecule has 1 rings (SSSR count). The second-order valence-electron chi connectivity index (χ2n) is 2.72. The van der Waals surface area contributed by atoms with E-state index >= 15 is 0 Å². The summed E-state index contributed by atoms with van der Waals surface area (Å²) in [6.07, 6.45) is 0. The van der Waals surface area contributed by atoms with Gasteiger partial charge in [0.25, 0.3) is 10.1 Å². The Morgan fingerprint density at radius 2 is 2.07 bits per heavy atom. The van der Waals surface area contributed by atoms with E-state index < -0.39 is 16.1 Å². The van der Waals surface area contributed by atoms with Crippen molar-refractivity contribution >= 4 is 21.8 Å². The number of benzene rings is 1. The molecule has 15 heavy (non-hydrogen) atoms. The average molecular weight is 231 g/mol. The van der Waals surface area contributed by atoms with E-state index in [2.05, 4.69) is 4.74 Å². The van der Waals surface area contributed by atoms with Crippen molar-refractivity contribution in [2.24, 2.45) is 0 Å². The zero-order chi connectivity index (χ0) is 11.6. The van der Waals surface area contributed by atoms with E-state index in [0.717, 1.165) is 12.1 Å². The molecule has 0 unspecified atom stereocenters. The second kappa shape index (κ2) is 3.87. The monoisotopic (exact) mass is 231 g/mol. The summed E-state index contributed by atoms with van der Waals surface area (Å²) in [4.78, 5) is 10.7. The van der Waals surface area contributed by atoms with Crippen molar-refractivity contribution in [2.75, 3.05) is 12.8 Å². The molecular formula is C8H9NO5S. The van der Waals surface area contributed by atoms with Crippen LogP contribution in [0, 0.1) is 0 Å². The van der Waals surface area contributed by atoms with E-state index in [1.54, 1.807) is 0 Å². The Hall–Kier alpha value is -1.60. The summed E-state index contributed by atoms with van der Waals surface area (Å²) in [5.74, 6) is -0.672. The first kappa shape index (κ1) is 11.5. The maximum absolute atomic E-state index is 11.1. The van der Waals surface area contributed by atoms with Crippen LogP contribution in [0.3, 0.4) is 0 Å². The van der Waals surface area contributed by atoms with Gasteiger partial charge in [-0.3, -0.25) is 4.55 Å². The minimum atomic E-state index is -4.31. The zero-order valence-corrected chi connectivity index (χ0v) is 8.61. The molecule has 82 valence electrons. The van der Waals surface area contributed by atoms with Crippen molar-refractivity contribution in [3.63, 3.8) is 0 Å². The molecule has 0 aliphatic heterocycles. The molecule has 0 aliphatic carbocycles. The molecule has 3 N–H and O–H groups in total. The van der Waals surface area contributed by atoms with Gasteiger partial charge >= 0.3 is 5.97 Å². The molecule has 1 aromatic rings. The van der Waals surface area contributed by atoms with Crippen LogP contribution in [-0.4, -0.2) is 26.0 Å². The molecule has 0 saturated heterocycles. The van der Waals surface area contributed by atoms with Crippen LogP contribution >= 0.6 is 0 Å². The van der Waals surface area contributed by atoms with Crippen molar-refractivity contribution < 1.29 is 22.5 Å². The van der Waals surface area contributed by atoms with Gasteiger partial charge in [-0.1, -0.05) is 0 Å². The summed E-state index contributed by atoms with van der Waals surface area (Å²) < 4.78 is 34.6. The van der Waals surface area contributed by atoms with Crippen LogP contribution < -0.4 is 5.73 Å². The fourth-order valence-electron chi connectivity index (χ4n) is 0.997. The van der Waals surface area contributed by atoms with Crippen LogP contribution in [0.5, 0.6) is 0 Å². The lowest BCUT2D eigenvalue weighted by molar-refractivity contribution is 0.0602. The second-order valence-corrected chi connectivity index (χ2v) is 4.14. The largest absolute Gasteiger partial charge is 0.465 e. The van der Waals surface area contributed by atoms with Gasteiger partial charge in [-0.25, -0.2) is 4.79 Å². The van der Waals surface area contributed by atoms with Crippen LogP contribution in [0.2, 0.25) is 0 Å². The molecule has 0 aliphatic rings. The third kappa shape index (κ3) is 2.45. The molecule has 0 radical (unpaired) electrons. The molecule has 0 amide bonds. The number of rotatable bonds is 2. The maximum atomic E-state index is 11.1. The third-order valence-electron chi connectivity index (χ3n) is 1.73. The first-order valence-corrected chi connectivity index (χ1v) is 5.25. The van der Waals surface area contributed by atoms with Gasteiger partial charge in [-0.15, -0.1) is 0 Å². The molecule has 0 aromatic heterocycles. The molecule has 0 bridgehead atoms. The van der Waals surface area contributed by atoms with Gasteiger partial charge in [0.2, 0.25) is 0 Å². The van der Waals surface area contributed by atoms with Crippen LogP contribution in [0.1, 0.15) is 10.4 Å². The lowest BCUT2D eigenvalue weighted by atomic mass is 10.2. The van der Waals surface area contributed by atoms with Gasteiger partial charge in [0, 0.05) is 5.69 Å². The van der Waals surface area contributed by atoms with Crippen molar-refractivity contribution in [1.29, 1.82) is 0 Å². The number of hydrogen-bond acceptors (Lipinski definition) is 5. The van der Waals surface area contributed by atoms with Gasteiger partial charge in [-0.05, 0) is 18.2 Å². The summed E-state index contributed by atoms with van der Waals surface area (Å²) in [6, 6.07) is 3.23. The highest BCUT2D eigenvalue weighted by atomic mass is 32.2. The predicted molar refractivity (Wildman–Crippen MR) is 52.0 cm³/mol. The summed E-state index contributed by atoms with van der Waals surface area (Å²) in [7, 11) is -3.13. The predicted octanol–water partition coefficient (Wildman–Crippen LogP) is 0.302. The number of carbonyl (C=O) groups is 1. The summed E-state index contributed by atoms with van der Waals surface area (Å²) in [5, 5.41) is 0. The topological polar surface area (TPSA) is 107 Å². The van der Waals surface area contributed by atoms with Gasteiger partial charge in [-0.2, -0.15) is 8.42 Å². The third-order valence-corrected chi connectivity index (χ3v) is 2.58. The van der Waals surface area contributed by atoms with Crippen molar-refractivity contribution in [3.05, 3.63) is 23.8 Å². The fraction of sp³-hybridized carbons (Fsp3) is 0.125. The standard InChI is InChI=1S/C8H9NO5S/c1-14-8(10)6-3-2-5(4-7(6)9)15(11,12)13/h2-4H,9H2,1H3,(H,11,12,13). The van der Waals surface area contributed by atoms with E-state index in [1.807, 2.05) is 0 Å². The first-order valence-electron chi connectivity index (χ1n) is 3.81. The molecule has 0 saturated carbocycles. The summed E-state index contributed by atoms with van der Waals surface area (Å²) in [5.41, 5.74) is 5.39. The molecule has 6 nitrogen and oxygen atoms in total. The Morgan fingerprint density at radius 1 is 1.47 bits per heavy atom. The highest BCUT2D eigenvalue weighted by Gasteiger charge is 2.15. The van der Waals surface area contributed by atoms with Gasteiger partial charge in [0.05, 0.1) is 17.6 Å². The Morgan fingerprint density at radius 3 is 2.47 bits per heavy atom. The number of ether oxygens (including phenoxy) is 1. The molecule has 0 spiro atoms. The minimum absolute atomic E-state index is 0.0462. The minimum Gasteiger partial charge on any atom is -0.465 e. The van der Waals surface area contributed by atoms with Crippen LogP contribution in [0.15, 0.2) is 23.1 Å². The van der Waals surface area contributed by atoms with Crippen LogP contribution in [0.25, 0.3) is 0 Å². The number of anilines is 1. The Bertz CT molecular complexity index is 494. The van der Waals surface area contributed by atoms with E-state index in [1.165, 1.54) is 13.2 Å². The van der Waals surface area contributed by atoms with E-state index in [0.29, 0.717) is 0 Å². The smallest absolute Gasteiger partial charge is 0.339 e. The average Bonchev–Trinajstić information content (AvgIpc) is 2.15. The number of methoxy groups -OCH3 is 1. The normalized spacial score (nSPS) is 11.1. The van der Waals surface area contributed by atoms with Gasteiger partial charge in [0.1, 0.15) is 0 Å². The summed E-state index contributed by atoms with van der Waals surface area (Å²) >= 11 is 0. The highest BCUT2D eigenvalue weighted by Crippen LogP contribution is 2.18. The number of carbonyl (C=O) groups excluding carboxylic acids is 1. The Labute approximate surface area is 86.4 Å².